The van der Waals surface area contributed by atoms with Crippen molar-refractivity contribution in [2.24, 2.45) is 0 Å². The first-order valence-electron chi connectivity index (χ1n) is 5.95. The lowest BCUT2D eigenvalue weighted by Crippen LogP contribution is -2.36. The molecule has 92 valence electrons. The smallest absolute Gasteiger partial charge is 0.322 e. The van der Waals surface area contributed by atoms with Crippen LogP contribution in [0.15, 0.2) is 18.2 Å². The SMILES string of the molecule is CCN(C(=O)Nc1ccc(C)cc1Cl)C1CC1. The highest BCUT2D eigenvalue weighted by atomic mass is 35.5. The third-order valence-electron chi connectivity index (χ3n) is 2.96. The largest absolute Gasteiger partial charge is 0.322 e. The molecule has 1 aromatic carbocycles. The Morgan fingerprint density at radius 2 is 2.24 bits per heavy atom. The average Bonchev–Trinajstić information content (AvgIpc) is 3.08. The zero-order valence-electron chi connectivity index (χ0n) is 10.2. The van der Waals surface area contributed by atoms with E-state index in [4.69, 9.17) is 11.6 Å². The van der Waals surface area contributed by atoms with E-state index in [2.05, 4.69) is 5.32 Å². The van der Waals surface area contributed by atoms with Gasteiger partial charge < -0.3 is 10.2 Å². The molecule has 17 heavy (non-hydrogen) atoms. The third kappa shape index (κ3) is 2.91. The number of aryl methyl sites for hydroxylation is 1. The Kier molecular flexibility index (Phi) is 3.57. The topological polar surface area (TPSA) is 32.3 Å². The zero-order valence-corrected chi connectivity index (χ0v) is 10.9. The van der Waals surface area contributed by atoms with E-state index in [-0.39, 0.29) is 6.03 Å². The van der Waals surface area contributed by atoms with Crippen LogP contribution in [0.3, 0.4) is 0 Å². The summed E-state index contributed by atoms with van der Waals surface area (Å²) in [5, 5.41) is 3.45. The van der Waals surface area contributed by atoms with Crippen molar-refractivity contribution in [3.8, 4) is 0 Å². The van der Waals surface area contributed by atoms with Crippen LogP contribution < -0.4 is 5.32 Å². The quantitative estimate of drug-likeness (QED) is 0.875. The molecular formula is C13H17ClN2O. The molecule has 0 atom stereocenters. The van der Waals surface area contributed by atoms with Gasteiger partial charge in [0.1, 0.15) is 0 Å². The number of carbonyl (C=O) groups is 1. The number of nitrogens with zero attached hydrogens (tertiary/aromatic N) is 1. The van der Waals surface area contributed by atoms with Crippen LogP contribution in [0, 0.1) is 6.92 Å². The summed E-state index contributed by atoms with van der Waals surface area (Å²) in [6.45, 7) is 4.70. The van der Waals surface area contributed by atoms with Gasteiger partial charge in [0.25, 0.3) is 0 Å². The molecule has 4 heteroatoms. The predicted octanol–water partition coefficient (Wildman–Crippen LogP) is 3.66. The van der Waals surface area contributed by atoms with Crippen molar-refractivity contribution in [3.05, 3.63) is 28.8 Å². The van der Waals surface area contributed by atoms with Gasteiger partial charge in [-0.05, 0) is 44.4 Å². The van der Waals surface area contributed by atoms with E-state index in [1.807, 2.05) is 36.9 Å². The molecule has 1 fully saturated rings. The van der Waals surface area contributed by atoms with Crippen LogP contribution in [0.1, 0.15) is 25.3 Å². The Morgan fingerprint density at radius 1 is 1.53 bits per heavy atom. The lowest BCUT2D eigenvalue weighted by atomic mass is 10.2. The fourth-order valence-corrected chi connectivity index (χ4v) is 2.14. The summed E-state index contributed by atoms with van der Waals surface area (Å²) in [5.41, 5.74) is 1.77. The van der Waals surface area contributed by atoms with Crippen LogP contribution >= 0.6 is 11.6 Å². The van der Waals surface area contributed by atoms with E-state index in [9.17, 15) is 4.79 Å². The van der Waals surface area contributed by atoms with Crippen LogP contribution in [0.5, 0.6) is 0 Å². The van der Waals surface area contributed by atoms with Gasteiger partial charge >= 0.3 is 6.03 Å². The predicted molar refractivity (Wildman–Crippen MR) is 70.6 cm³/mol. The standard InChI is InChI=1S/C13H17ClN2O/c1-3-16(10-5-6-10)13(17)15-12-7-4-9(2)8-11(12)14/h4,7-8,10H,3,5-6H2,1-2H3,(H,15,17). The molecule has 0 bridgehead atoms. The lowest BCUT2D eigenvalue weighted by Gasteiger charge is -2.21. The van der Waals surface area contributed by atoms with Crippen molar-refractivity contribution in [2.75, 3.05) is 11.9 Å². The summed E-state index contributed by atoms with van der Waals surface area (Å²) >= 11 is 6.08. The number of hydrogen-bond acceptors (Lipinski definition) is 1. The maximum absolute atomic E-state index is 12.0. The number of nitrogens with one attached hydrogen (secondary N) is 1. The molecule has 1 aromatic rings. The second kappa shape index (κ2) is 4.96. The summed E-state index contributed by atoms with van der Waals surface area (Å²) in [4.78, 5) is 13.9. The summed E-state index contributed by atoms with van der Waals surface area (Å²) in [5.74, 6) is 0. The van der Waals surface area contributed by atoms with Crippen molar-refractivity contribution in [1.29, 1.82) is 0 Å². The van der Waals surface area contributed by atoms with Crippen LogP contribution in [-0.2, 0) is 0 Å². The molecule has 0 radical (unpaired) electrons. The Bertz CT molecular complexity index is 429. The van der Waals surface area contributed by atoms with Gasteiger partial charge in [-0.25, -0.2) is 4.79 Å². The zero-order chi connectivity index (χ0) is 12.4. The molecule has 0 spiro atoms. The van der Waals surface area contributed by atoms with Crippen LogP contribution in [0.4, 0.5) is 10.5 Å². The Morgan fingerprint density at radius 3 is 2.76 bits per heavy atom. The van der Waals surface area contributed by atoms with Gasteiger partial charge in [-0.1, -0.05) is 17.7 Å². The molecule has 2 amide bonds. The molecule has 1 aliphatic carbocycles. The average molecular weight is 253 g/mol. The number of halogens is 1. The van der Waals surface area contributed by atoms with Gasteiger partial charge in [-0.2, -0.15) is 0 Å². The molecule has 3 nitrogen and oxygen atoms in total. The maximum Gasteiger partial charge on any atom is 0.322 e. The minimum absolute atomic E-state index is 0.0549. The van der Waals surface area contributed by atoms with Gasteiger partial charge in [-0.15, -0.1) is 0 Å². The minimum atomic E-state index is -0.0549. The van der Waals surface area contributed by atoms with E-state index in [1.54, 1.807) is 0 Å². The van der Waals surface area contributed by atoms with Crippen molar-refractivity contribution in [1.82, 2.24) is 4.90 Å². The van der Waals surface area contributed by atoms with E-state index < -0.39 is 0 Å². The number of carbonyl (C=O) groups excluding carboxylic acids is 1. The van der Waals surface area contributed by atoms with E-state index in [0.717, 1.165) is 24.9 Å². The summed E-state index contributed by atoms with van der Waals surface area (Å²) in [6, 6.07) is 6.00. The van der Waals surface area contributed by atoms with Gasteiger partial charge in [0.15, 0.2) is 0 Å². The number of amides is 2. The molecule has 0 heterocycles. The van der Waals surface area contributed by atoms with Crippen molar-refractivity contribution >= 4 is 23.3 Å². The summed E-state index contributed by atoms with van der Waals surface area (Å²) < 4.78 is 0. The number of anilines is 1. The highest BCUT2D eigenvalue weighted by Crippen LogP contribution is 2.28. The first-order valence-corrected chi connectivity index (χ1v) is 6.33. The van der Waals surface area contributed by atoms with Gasteiger partial charge in [0, 0.05) is 12.6 Å². The Labute approximate surface area is 107 Å². The van der Waals surface area contributed by atoms with Crippen LogP contribution in [0.25, 0.3) is 0 Å². The van der Waals surface area contributed by atoms with Gasteiger partial charge in [-0.3, -0.25) is 0 Å². The summed E-state index contributed by atoms with van der Waals surface area (Å²) in [7, 11) is 0. The molecule has 0 aliphatic heterocycles. The fourth-order valence-electron chi connectivity index (χ4n) is 1.86. The monoisotopic (exact) mass is 252 g/mol. The maximum atomic E-state index is 12.0. The first kappa shape index (κ1) is 12.2. The lowest BCUT2D eigenvalue weighted by molar-refractivity contribution is 0.212. The number of benzene rings is 1. The Balaban J connectivity index is 2.06. The van der Waals surface area contributed by atoms with Crippen molar-refractivity contribution in [2.45, 2.75) is 32.7 Å². The number of hydrogen-bond donors (Lipinski definition) is 1. The second-order valence-corrected chi connectivity index (χ2v) is 4.84. The second-order valence-electron chi connectivity index (χ2n) is 4.43. The number of rotatable bonds is 3. The summed E-state index contributed by atoms with van der Waals surface area (Å²) in [6.07, 6.45) is 2.23. The van der Waals surface area contributed by atoms with Crippen LogP contribution in [0.2, 0.25) is 5.02 Å². The molecule has 0 unspecified atom stereocenters. The van der Waals surface area contributed by atoms with E-state index in [1.165, 1.54) is 0 Å². The highest BCUT2D eigenvalue weighted by Gasteiger charge is 2.31. The van der Waals surface area contributed by atoms with Gasteiger partial charge in [0.2, 0.25) is 0 Å². The van der Waals surface area contributed by atoms with E-state index >= 15 is 0 Å². The van der Waals surface area contributed by atoms with Crippen molar-refractivity contribution < 1.29 is 4.79 Å². The fraction of sp³-hybridized carbons (Fsp3) is 0.462. The van der Waals surface area contributed by atoms with Crippen LogP contribution in [-0.4, -0.2) is 23.5 Å². The minimum Gasteiger partial charge on any atom is -0.322 e. The molecular weight excluding hydrogens is 236 g/mol. The Hall–Kier alpha value is -1.22. The first-order chi connectivity index (χ1) is 8.11. The number of urea groups is 1. The molecule has 2 rings (SSSR count). The van der Waals surface area contributed by atoms with Gasteiger partial charge in [0.05, 0.1) is 10.7 Å². The molecule has 1 saturated carbocycles. The molecule has 1 aliphatic rings. The normalized spacial score (nSPS) is 14.5. The van der Waals surface area contributed by atoms with Crippen molar-refractivity contribution in [3.63, 3.8) is 0 Å². The molecule has 0 aromatic heterocycles. The molecule has 1 N–H and O–H groups in total. The molecule has 0 saturated heterocycles. The van der Waals surface area contributed by atoms with E-state index in [0.29, 0.717) is 16.8 Å². The highest BCUT2D eigenvalue weighted by molar-refractivity contribution is 6.33. The third-order valence-corrected chi connectivity index (χ3v) is 3.27.